The molecule has 0 amide bonds. The van der Waals surface area contributed by atoms with Gasteiger partial charge in [0.2, 0.25) is 0 Å². The van der Waals surface area contributed by atoms with Gasteiger partial charge in [-0.05, 0) is 84.6 Å². The van der Waals surface area contributed by atoms with E-state index in [2.05, 4.69) is 19.2 Å². The number of ketones is 2. The molecule has 0 saturated carbocycles. The Morgan fingerprint density at radius 2 is 0.786 bits per heavy atom. The molecule has 0 bridgehead atoms. The van der Waals surface area contributed by atoms with E-state index >= 15 is 0 Å². The SMILES string of the molecule is CNS(=O)(=O)N(C)c1cc(C(=O)CN(CCCCCCN(CC(=O)c2ccc(OCc3ccccc3)c(N(C)S(=O)(=O)NC)c2)Cc2ccccc2)Cc2ccccc2)ccc1OCc1ccccc1. The average molecular weight is 989 g/mol. The summed E-state index contributed by atoms with van der Waals surface area (Å²) in [6, 6.07) is 48.9. The zero-order valence-corrected chi connectivity index (χ0v) is 42.0. The number of hydrogen-bond donors (Lipinski definition) is 2. The first-order valence-corrected chi connectivity index (χ1v) is 26.2. The highest BCUT2D eigenvalue weighted by Gasteiger charge is 2.25. The van der Waals surface area contributed by atoms with E-state index in [0.29, 0.717) is 48.8 Å². The molecule has 370 valence electrons. The maximum Gasteiger partial charge on any atom is 0.301 e. The first-order chi connectivity index (χ1) is 33.8. The van der Waals surface area contributed by atoms with Gasteiger partial charge < -0.3 is 9.47 Å². The van der Waals surface area contributed by atoms with Crippen LogP contribution in [0.3, 0.4) is 0 Å². The van der Waals surface area contributed by atoms with Crippen LogP contribution in [0.4, 0.5) is 11.4 Å². The van der Waals surface area contributed by atoms with E-state index in [-0.39, 0.29) is 49.2 Å². The fourth-order valence-electron chi connectivity index (χ4n) is 7.85. The second kappa shape index (κ2) is 26.0. The number of anilines is 2. The van der Waals surface area contributed by atoms with Gasteiger partial charge in [-0.1, -0.05) is 134 Å². The smallest absolute Gasteiger partial charge is 0.301 e. The minimum absolute atomic E-state index is 0.118. The molecule has 16 heteroatoms. The Morgan fingerprint density at radius 1 is 0.457 bits per heavy atom. The first-order valence-electron chi connectivity index (χ1n) is 23.3. The quantitative estimate of drug-likeness (QED) is 0.0346. The Balaban J connectivity index is 1.10. The summed E-state index contributed by atoms with van der Waals surface area (Å²) in [5.74, 6) is 0.349. The topological polar surface area (TPSA) is 158 Å². The van der Waals surface area contributed by atoms with Crippen LogP contribution in [0.5, 0.6) is 11.5 Å². The molecule has 0 atom stereocenters. The van der Waals surface area contributed by atoms with Gasteiger partial charge in [0.25, 0.3) is 0 Å². The maximum atomic E-state index is 14.1. The van der Waals surface area contributed by atoms with E-state index in [1.54, 1.807) is 36.4 Å². The number of rotatable bonds is 29. The van der Waals surface area contributed by atoms with Crippen LogP contribution in [0.2, 0.25) is 0 Å². The van der Waals surface area contributed by atoms with Crippen molar-refractivity contribution in [2.45, 2.75) is 52.0 Å². The van der Waals surface area contributed by atoms with E-state index in [9.17, 15) is 26.4 Å². The van der Waals surface area contributed by atoms with Crippen LogP contribution in [0.1, 0.15) is 68.7 Å². The number of nitrogens with zero attached hydrogens (tertiary/aromatic N) is 4. The Bertz CT molecular complexity index is 2630. The van der Waals surface area contributed by atoms with Gasteiger partial charge in [-0.3, -0.25) is 28.0 Å². The van der Waals surface area contributed by atoms with Crippen molar-refractivity contribution in [2.75, 3.05) is 63.0 Å². The highest BCUT2D eigenvalue weighted by Crippen LogP contribution is 2.33. The second-order valence-corrected chi connectivity index (χ2v) is 20.7. The van der Waals surface area contributed by atoms with Crippen molar-refractivity contribution >= 4 is 43.4 Å². The lowest BCUT2D eigenvalue weighted by Crippen LogP contribution is -2.36. The number of Topliss-reactive ketones (excluding diaryl/α,β-unsaturated/α-hetero) is 2. The molecule has 2 N–H and O–H groups in total. The molecule has 0 aliphatic carbocycles. The summed E-state index contributed by atoms with van der Waals surface area (Å²) in [5.41, 5.74) is 5.18. The van der Waals surface area contributed by atoms with Gasteiger partial charge in [-0.2, -0.15) is 16.8 Å². The lowest BCUT2D eigenvalue weighted by Gasteiger charge is -2.24. The predicted octanol–water partition coefficient (Wildman–Crippen LogP) is 8.28. The minimum Gasteiger partial charge on any atom is -0.487 e. The summed E-state index contributed by atoms with van der Waals surface area (Å²) in [6.07, 6.45) is 3.42. The van der Waals surface area contributed by atoms with Crippen molar-refractivity contribution in [1.82, 2.24) is 19.2 Å². The van der Waals surface area contributed by atoms with Crippen molar-refractivity contribution in [3.05, 3.63) is 191 Å². The summed E-state index contributed by atoms with van der Waals surface area (Å²) in [4.78, 5) is 32.3. The number of unbranched alkanes of at least 4 members (excludes halogenated alkanes) is 3. The third kappa shape index (κ3) is 15.6. The van der Waals surface area contributed by atoms with E-state index in [0.717, 1.165) is 56.5 Å². The standard InChI is InChI=1S/C54H64N6O8S2/c1-55-69(63,64)57(3)49-35-47(29-31-53(49)67-41-45-25-15-9-16-26-45)51(61)39-59(37-43-21-11-7-12-22-43)33-19-5-6-20-34-60(38-44-23-13-8-14-24-44)40-52(62)48-30-32-54(68-42-46-27-17-10-18-28-46)50(36-48)58(4)70(65,66)56-2/h7-18,21-32,35-36,55-56H,5-6,19-20,33-34,37-42H2,1-4H3. The van der Waals surface area contributed by atoms with Gasteiger partial charge >= 0.3 is 20.4 Å². The van der Waals surface area contributed by atoms with Crippen LogP contribution in [0.25, 0.3) is 0 Å². The van der Waals surface area contributed by atoms with E-state index in [4.69, 9.17) is 9.47 Å². The van der Waals surface area contributed by atoms with Crippen LogP contribution in [-0.4, -0.2) is 92.6 Å². The largest absolute Gasteiger partial charge is 0.487 e. The van der Waals surface area contributed by atoms with Crippen LogP contribution in [0.15, 0.2) is 158 Å². The van der Waals surface area contributed by atoms with Crippen molar-refractivity contribution < 1.29 is 35.9 Å². The highest BCUT2D eigenvalue weighted by atomic mass is 32.2. The number of carbonyl (C=O) groups excluding carboxylic acids is 2. The molecule has 0 aliphatic rings. The molecule has 0 saturated heterocycles. The van der Waals surface area contributed by atoms with E-state index in [1.807, 2.05) is 121 Å². The average Bonchev–Trinajstić information content (AvgIpc) is 3.38. The number of nitrogens with one attached hydrogen (secondary N) is 2. The zero-order valence-electron chi connectivity index (χ0n) is 40.4. The molecular weight excluding hydrogens is 925 g/mol. The van der Waals surface area contributed by atoms with Gasteiger partial charge in [0.05, 0.1) is 24.5 Å². The summed E-state index contributed by atoms with van der Waals surface area (Å²) in [6.45, 7) is 3.08. The van der Waals surface area contributed by atoms with Crippen LogP contribution in [0, 0.1) is 0 Å². The van der Waals surface area contributed by atoms with E-state index < -0.39 is 20.4 Å². The van der Waals surface area contributed by atoms with Gasteiger partial charge in [0, 0.05) is 52.4 Å². The molecule has 0 radical (unpaired) electrons. The number of benzene rings is 6. The molecule has 0 aliphatic heterocycles. The molecule has 6 aromatic carbocycles. The zero-order chi connectivity index (χ0) is 49.9. The van der Waals surface area contributed by atoms with Gasteiger partial charge in [0.15, 0.2) is 11.6 Å². The monoisotopic (exact) mass is 988 g/mol. The summed E-state index contributed by atoms with van der Waals surface area (Å²) >= 11 is 0. The van der Waals surface area contributed by atoms with Crippen molar-refractivity contribution in [3.8, 4) is 11.5 Å². The van der Waals surface area contributed by atoms with Crippen LogP contribution >= 0.6 is 0 Å². The molecule has 0 heterocycles. The second-order valence-electron chi connectivity index (χ2n) is 16.9. The Kier molecular flexibility index (Phi) is 19.7. The first kappa shape index (κ1) is 53.0. The lowest BCUT2D eigenvalue weighted by molar-refractivity contribution is 0.0913. The Labute approximate surface area is 414 Å². The van der Waals surface area contributed by atoms with Crippen LogP contribution in [-0.2, 0) is 46.7 Å². The summed E-state index contributed by atoms with van der Waals surface area (Å²) < 4.78 is 70.9. The molecule has 0 unspecified atom stereocenters. The molecule has 70 heavy (non-hydrogen) atoms. The number of carbonyl (C=O) groups is 2. The van der Waals surface area contributed by atoms with Crippen LogP contribution < -0.4 is 27.5 Å². The highest BCUT2D eigenvalue weighted by molar-refractivity contribution is 7.91. The third-order valence-corrected chi connectivity index (χ3v) is 14.8. The van der Waals surface area contributed by atoms with Gasteiger partial charge in [-0.15, -0.1) is 0 Å². The molecular formula is C54H64N6O8S2. The minimum atomic E-state index is -3.91. The summed E-state index contributed by atoms with van der Waals surface area (Å²) in [5, 5.41) is 0. The number of ether oxygens (including phenoxy) is 2. The Hall–Kier alpha value is -6.40. The summed E-state index contributed by atoms with van der Waals surface area (Å²) in [7, 11) is -2.31. The molecule has 6 aromatic rings. The van der Waals surface area contributed by atoms with Crippen molar-refractivity contribution in [1.29, 1.82) is 0 Å². The normalized spacial score (nSPS) is 11.7. The maximum absolute atomic E-state index is 14.1. The van der Waals surface area contributed by atoms with E-state index in [1.165, 1.54) is 28.2 Å². The molecule has 0 fully saturated rings. The number of hydrogen-bond acceptors (Lipinski definition) is 10. The fraction of sp³-hybridized carbons (Fsp3) is 0.296. The van der Waals surface area contributed by atoms with Crippen molar-refractivity contribution in [2.24, 2.45) is 0 Å². The molecule has 6 rings (SSSR count). The molecule has 0 spiro atoms. The predicted molar refractivity (Wildman–Crippen MR) is 278 cm³/mol. The molecule has 0 aromatic heterocycles. The van der Waals surface area contributed by atoms with Crippen molar-refractivity contribution in [3.63, 3.8) is 0 Å². The lowest BCUT2D eigenvalue weighted by atomic mass is 10.1. The van der Waals surface area contributed by atoms with Gasteiger partial charge in [-0.25, -0.2) is 9.44 Å². The Morgan fingerprint density at radius 3 is 1.11 bits per heavy atom. The molecule has 14 nitrogen and oxygen atoms in total. The van der Waals surface area contributed by atoms with Gasteiger partial charge in [0.1, 0.15) is 24.7 Å². The fourth-order valence-corrected chi connectivity index (χ4v) is 9.20. The third-order valence-electron chi connectivity index (χ3n) is 11.9.